The number of nitrogens with one attached hydrogen (secondary N) is 1. The van der Waals surface area contributed by atoms with Crippen LogP contribution in [0.15, 0.2) is 23.1 Å². The lowest BCUT2D eigenvalue weighted by Crippen LogP contribution is -2.40. The van der Waals surface area contributed by atoms with E-state index in [2.05, 4.69) is 5.32 Å². The summed E-state index contributed by atoms with van der Waals surface area (Å²) in [6.07, 6.45) is 1.62. The summed E-state index contributed by atoms with van der Waals surface area (Å²) in [6.45, 7) is 8.91. The fourth-order valence-corrected chi connectivity index (χ4v) is 3.30. The van der Waals surface area contributed by atoms with E-state index in [0.29, 0.717) is 36.8 Å². The molecule has 3 amide bonds. The summed E-state index contributed by atoms with van der Waals surface area (Å²) >= 11 is 0.823. The summed E-state index contributed by atoms with van der Waals surface area (Å²) in [6, 6.07) is 5.32. The highest BCUT2D eigenvalue weighted by Gasteiger charge is 2.36. The van der Waals surface area contributed by atoms with Gasteiger partial charge in [-0.3, -0.25) is 19.3 Å². The maximum Gasteiger partial charge on any atom is 0.294 e. The van der Waals surface area contributed by atoms with Crippen LogP contribution < -0.4 is 14.8 Å². The molecule has 0 unspecified atom stereocenters. The van der Waals surface area contributed by atoms with Crippen molar-refractivity contribution in [2.24, 2.45) is 5.92 Å². The van der Waals surface area contributed by atoms with Crippen LogP contribution in [0, 0.1) is 5.92 Å². The minimum absolute atomic E-state index is 0.272. The molecule has 0 aliphatic carbocycles. The molecule has 7 nitrogen and oxygen atoms in total. The smallest absolute Gasteiger partial charge is 0.294 e. The van der Waals surface area contributed by atoms with Crippen LogP contribution in [0.5, 0.6) is 11.5 Å². The average molecular weight is 407 g/mol. The molecule has 8 heteroatoms. The van der Waals surface area contributed by atoms with E-state index in [1.807, 2.05) is 27.7 Å². The monoisotopic (exact) mass is 406 g/mol. The molecule has 1 aromatic rings. The van der Waals surface area contributed by atoms with Crippen LogP contribution in [-0.2, 0) is 9.59 Å². The van der Waals surface area contributed by atoms with Crippen LogP contribution in [0.3, 0.4) is 0 Å². The summed E-state index contributed by atoms with van der Waals surface area (Å²) < 4.78 is 11.1. The number of ether oxygens (including phenoxy) is 2. The maximum absolute atomic E-state index is 12.6. The van der Waals surface area contributed by atoms with Gasteiger partial charge in [0.1, 0.15) is 6.54 Å². The molecule has 1 saturated heterocycles. The van der Waals surface area contributed by atoms with Crippen LogP contribution in [0.25, 0.3) is 6.08 Å². The molecule has 0 aromatic heterocycles. The Kier molecular flexibility index (Phi) is 7.92. The summed E-state index contributed by atoms with van der Waals surface area (Å²) in [5, 5.41) is 2.26. The number of benzene rings is 1. The first-order chi connectivity index (χ1) is 13.3. The van der Waals surface area contributed by atoms with Gasteiger partial charge in [0.15, 0.2) is 11.5 Å². The number of imide groups is 1. The Balaban J connectivity index is 2.14. The van der Waals surface area contributed by atoms with E-state index in [9.17, 15) is 14.4 Å². The molecule has 0 bridgehead atoms. The van der Waals surface area contributed by atoms with Gasteiger partial charge in [-0.15, -0.1) is 0 Å². The average Bonchev–Trinajstić information content (AvgIpc) is 2.90. The molecule has 1 N–H and O–H groups in total. The Morgan fingerprint density at radius 1 is 1.18 bits per heavy atom. The number of hydrogen-bond acceptors (Lipinski definition) is 6. The predicted molar refractivity (Wildman–Crippen MR) is 109 cm³/mol. The molecule has 28 heavy (non-hydrogen) atoms. The van der Waals surface area contributed by atoms with Crippen molar-refractivity contribution in [2.75, 3.05) is 26.3 Å². The lowest BCUT2D eigenvalue weighted by molar-refractivity contribution is -0.129. The summed E-state index contributed by atoms with van der Waals surface area (Å²) in [5.41, 5.74) is 0.710. The van der Waals surface area contributed by atoms with Crippen LogP contribution >= 0.6 is 11.8 Å². The van der Waals surface area contributed by atoms with Gasteiger partial charge < -0.3 is 14.8 Å². The van der Waals surface area contributed by atoms with Crippen molar-refractivity contribution in [3.8, 4) is 11.5 Å². The topological polar surface area (TPSA) is 84.9 Å². The highest BCUT2D eigenvalue weighted by atomic mass is 32.2. The SMILES string of the molecule is CCOc1ccc(/C=C2\SC(=O)N(CC(=O)NCC(C)C)C2=O)cc1OCC. The van der Waals surface area contributed by atoms with Crippen molar-refractivity contribution in [3.63, 3.8) is 0 Å². The highest BCUT2D eigenvalue weighted by molar-refractivity contribution is 8.18. The summed E-state index contributed by atoms with van der Waals surface area (Å²) in [4.78, 5) is 37.9. The molecule has 1 heterocycles. The minimum Gasteiger partial charge on any atom is -0.490 e. The Hall–Kier alpha value is -2.48. The molecule has 1 aliphatic heterocycles. The Labute approximate surface area is 169 Å². The molecular formula is C20H26N2O5S. The zero-order valence-electron chi connectivity index (χ0n) is 16.6. The van der Waals surface area contributed by atoms with Crippen molar-refractivity contribution in [1.29, 1.82) is 0 Å². The molecule has 1 aromatic carbocycles. The molecule has 1 aliphatic rings. The van der Waals surface area contributed by atoms with Gasteiger partial charge in [0.05, 0.1) is 18.1 Å². The van der Waals surface area contributed by atoms with Gasteiger partial charge in [-0.2, -0.15) is 0 Å². The Bertz CT molecular complexity index is 776. The van der Waals surface area contributed by atoms with Gasteiger partial charge in [0.2, 0.25) is 5.91 Å². The number of carbonyl (C=O) groups excluding carboxylic acids is 3. The maximum atomic E-state index is 12.6. The lowest BCUT2D eigenvalue weighted by Gasteiger charge is -2.13. The van der Waals surface area contributed by atoms with E-state index >= 15 is 0 Å². The first-order valence-corrected chi connectivity index (χ1v) is 10.1. The molecule has 2 rings (SSSR count). The quantitative estimate of drug-likeness (QED) is 0.634. The summed E-state index contributed by atoms with van der Waals surface area (Å²) in [5.74, 6) is 0.665. The van der Waals surface area contributed by atoms with E-state index in [4.69, 9.17) is 9.47 Å². The number of amides is 3. The second kappa shape index (κ2) is 10.2. The van der Waals surface area contributed by atoms with Gasteiger partial charge in [-0.1, -0.05) is 19.9 Å². The van der Waals surface area contributed by atoms with Gasteiger partial charge in [0.25, 0.3) is 11.1 Å². The number of rotatable bonds is 9. The lowest BCUT2D eigenvalue weighted by atomic mass is 10.2. The van der Waals surface area contributed by atoms with Crippen molar-refractivity contribution < 1.29 is 23.9 Å². The van der Waals surface area contributed by atoms with E-state index in [0.717, 1.165) is 16.7 Å². The molecule has 0 atom stereocenters. The van der Waals surface area contributed by atoms with Crippen LogP contribution in [0.4, 0.5) is 4.79 Å². The number of thioether (sulfide) groups is 1. The zero-order valence-corrected chi connectivity index (χ0v) is 17.4. The first-order valence-electron chi connectivity index (χ1n) is 9.27. The molecule has 0 saturated carbocycles. The van der Waals surface area contributed by atoms with Gasteiger partial charge in [0, 0.05) is 6.54 Å². The largest absolute Gasteiger partial charge is 0.490 e. The normalized spacial score (nSPS) is 15.5. The standard InChI is InChI=1S/C20H26N2O5S/c1-5-26-15-8-7-14(9-16(15)27-6-2)10-17-19(24)22(20(25)28-17)12-18(23)21-11-13(3)4/h7-10,13H,5-6,11-12H2,1-4H3,(H,21,23)/b17-10-. The fourth-order valence-electron chi connectivity index (χ4n) is 2.46. The summed E-state index contributed by atoms with van der Waals surface area (Å²) in [7, 11) is 0. The van der Waals surface area contributed by atoms with Gasteiger partial charge in [-0.05, 0) is 55.3 Å². The fraction of sp³-hybridized carbons (Fsp3) is 0.450. The van der Waals surface area contributed by atoms with Crippen LogP contribution in [0.1, 0.15) is 33.3 Å². The second-order valence-electron chi connectivity index (χ2n) is 6.54. The van der Waals surface area contributed by atoms with E-state index < -0.39 is 11.1 Å². The predicted octanol–water partition coefficient (Wildman–Crippen LogP) is 3.29. The van der Waals surface area contributed by atoms with Gasteiger partial charge >= 0.3 is 0 Å². The molecule has 0 radical (unpaired) electrons. The van der Waals surface area contributed by atoms with Crippen LogP contribution in [0.2, 0.25) is 0 Å². The van der Waals surface area contributed by atoms with Gasteiger partial charge in [-0.25, -0.2) is 0 Å². The molecule has 0 spiro atoms. The molecular weight excluding hydrogens is 380 g/mol. The first kappa shape index (κ1) is 21.8. The molecule has 1 fully saturated rings. The minimum atomic E-state index is -0.471. The number of carbonyl (C=O) groups is 3. The van der Waals surface area contributed by atoms with Crippen molar-refractivity contribution >= 4 is 34.9 Å². The van der Waals surface area contributed by atoms with E-state index in [1.54, 1.807) is 24.3 Å². The second-order valence-corrected chi connectivity index (χ2v) is 7.53. The third-order valence-corrected chi connectivity index (χ3v) is 4.66. The third kappa shape index (κ3) is 5.76. The van der Waals surface area contributed by atoms with Crippen molar-refractivity contribution in [1.82, 2.24) is 10.2 Å². The Morgan fingerprint density at radius 2 is 1.86 bits per heavy atom. The zero-order chi connectivity index (χ0) is 20.7. The Morgan fingerprint density at radius 3 is 2.50 bits per heavy atom. The van der Waals surface area contributed by atoms with Crippen molar-refractivity contribution in [2.45, 2.75) is 27.7 Å². The van der Waals surface area contributed by atoms with Crippen molar-refractivity contribution in [3.05, 3.63) is 28.7 Å². The third-order valence-electron chi connectivity index (χ3n) is 3.75. The van der Waals surface area contributed by atoms with E-state index in [1.165, 1.54) is 0 Å². The highest BCUT2D eigenvalue weighted by Crippen LogP contribution is 2.34. The van der Waals surface area contributed by atoms with Crippen LogP contribution in [-0.4, -0.2) is 48.3 Å². The molecule has 152 valence electrons. The number of hydrogen-bond donors (Lipinski definition) is 1. The van der Waals surface area contributed by atoms with E-state index in [-0.39, 0.29) is 23.3 Å². The number of nitrogens with zero attached hydrogens (tertiary/aromatic N) is 1.